The molecule has 2 heterocycles. The van der Waals surface area contributed by atoms with Gasteiger partial charge in [0.15, 0.2) is 0 Å². The molecule has 176 valence electrons. The average Bonchev–Trinajstić information content (AvgIpc) is 3.01. The number of nitrogens with zero attached hydrogens (tertiary/aromatic N) is 3. The molecular formula is C23H24ClF3N4O2. The van der Waals surface area contributed by atoms with E-state index in [9.17, 15) is 22.8 Å². The maximum absolute atomic E-state index is 13.6. The molecule has 33 heavy (non-hydrogen) atoms. The zero-order valence-electron chi connectivity index (χ0n) is 18.0. The van der Waals surface area contributed by atoms with E-state index in [-0.39, 0.29) is 29.1 Å². The number of rotatable bonds is 6. The van der Waals surface area contributed by atoms with Gasteiger partial charge in [0.2, 0.25) is 5.91 Å². The van der Waals surface area contributed by atoms with Gasteiger partial charge < -0.3 is 10.2 Å². The van der Waals surface area contributed by atoms with Gasteiger partial charge in [-0.25, -0.2) is 18.0 Å². The summed E-state index contributed by atoms with van der Waals surface area (Å²) < 4.78 is 42.0. The van der Waals surface area contributed by atoms with Crippen LogP contribution in [0.2, 0.25) is 5.02 Å². The van der Waals surface area contributed by atoms with Crippen LogP contribution in [-0.4, -0.2) is 46.0 Å². The summed E-state index contributed by atoms with van der Waals surface area (Å²) >= 11 is 5.90. The molecule has 0 saturated carbocycles. The van der Waals surface area contributed by atoms with Crippen LogP contribution in [0.25, 0.3) is 11.0 Å². The number of halogens is 4. The number of amides is 1. The third-order valence-electron chi connectivity index (χ3n) is 5.94. The quantitative estimate of drug-likeness (QED) is 0.575. The Bertz CT molecular complexity index is 1220. The molecule has 3 aromatic rings. The highest BCUT2D eigenvalue weighted by Gasteiger charge is 2.28. The summed E-state index contributed by atoms with van der Waals surface area (Å²) in [5.74, 6) is -0.672. The first-order valence-corrected chi connectivity index (χ1v) is 11.1. The Balaban J connectivity index is 1.58. The molecule has 0 spiro atoms. The van der Waals surface area contributed by atoms with Crippen LogP contribution in [0.3, 0.4) is 0 Å². The molecule has 6 nitrogen and oxygen atoms in total. The van der Waals surface area contributed by atoms with Crippen molar-refractivity contribution in [3.63, 3.8) is 0 Å². The van der Waals surface area contributed by atoms with Crippen LogP contribution in [0, 0.1) is 5.82 Å². The van der Waals surface area contributed by atoms with E-state index in [1.54, 1.807) is 40.8 Å². The second-order valence-corrected chi connectivity index (χ2v) is 8.71. The van der Waals surface area contributed by atoms with Gasteiger partial charge in [0.25, 0.3) is 6.43 Å². The summed E-state index contributed by atoms with van der Waals surface area (Å²) in [5.41, 5.74) is 2.06. The summed E-state index contributed by atoms with van der Waals surface area (Å²) in [5, 5.41) is 2.91. The van der Waals surface area contributed by atoms with Crippen LogP contribution in [0.15, 0.2) is 41.2 Å². The largest absolute Gasteiger partial charge is 0.379 e. The number of alkyl halides is 2. The van der Waals surface area contributed by atoms with E-state index in [1.165, 1.54) is 16.7 Å². The Kier molecular flexibility index (Phi) is 6.69. The van der Waals surface area contributed by atoms with Crippen LogP contribution in [0.4, 0.5) is 18.9 Å². The number of benzene rings is 2. The second kappa shape index (κ2) is 9.51. The van der Waals surface area contributed by atoms with Crippen molar-refractivity contribution < 1.29 is 18.0 Å². The molecule has 1 aromatic heterocycles. The molecule has 0 radical (unpaired) electrons. The Hall–Kier alpha value is -2.94. The maximum Gasteiger partial charge on any atom is 0.329 e. The third-order valence-corrected chi connectivity index (χ3v) is 6.16. The summed E-state index contributed by atoms with van der Waals surface area (Å²) in [6.45, 7) is 0.382. The molecule has 0 unspecified atom stereocenters. The van der Waals surface area contributed by atoms with Crippen LogP contribution in [-0.2, 0) is 18.3 Å². The fourth-order valence-corrected chi connectivity index (χ4v) is 4.66. The van der Waals surface area contributed by atoms with Gasteiger partial charge in [0.1, 0.15) is 5.82 Å². The van der Waals surface area contributed by atoms with Gasteiger partial charge in [-0.3, -0.25) is 13.9 Å². The van der Waals surface area contributed by atoms with Crippen LogP contribution in [0.1, 0.15) is 24.4 Å². The van der Waals surface area contributed by atoms with Crippen molar-refractivity contribution in [3.8, 4) is 0 Å². The van der Waals surface area contributed by atoms with Gasteiger partial charge in [-0.1, -0.05) is 11.6 Å². The van der Waals surface area contributed by atoms with Gasteiger partial charge in [-0.15, -0.1) is 0 Å². The molecule has 10 heteroatoms. The highest BCUT2D eigenvalue weighted by Crippen LogP contribution is 2.27. The number of fused-ring (bicyclic) bond motifs is 1. The summed E-state index contributed by atoms with van der Waals surface area (Å²) in [6.07, 6.45) is -1.09. The Morgan fingerprint density at radius 3 is 2.73 bits per heavy atom. The monoisotopic (exact) mass is 480 g/mol. The number of hydrogen-bond donors (Lipinski definition) is 1. The first-order chi connectivity index (χ1) is 15.7. The van der Waals surface area contributed by atoms with E-state index in [2.05, 4.69) is 5.32 Å². The lowest BCUT2D eigenvalue weighted by molar-refractivity contribution is -0.132. The molecule has 1 N–H and O–H groups in total. The number of aromatic nitrogens is 2. The first kappa shape index (κ1) is 23.2. The normalized spacial score (nSPS) is 16.5. The SMILES string of the molecule is Cn1c(=O)n([C@H]2CCCN(C(=O)Cc3cc(F)cc(Cl)c3)C2)c2cc(NCC(F)F)ccc21. The fourth-order valence-electron chi connectivity index (χ4n) is 4.42. The molecular weight excluding hydrogens is 457 g/mol. The van der Waals surface area contributed by atoms with Crippen LogP contribution in [0.5, 0.6) is 0 Å². The molecule has 1 atom stereocenters. The maximum atomic E-state index is 13.6. The van der Waals surface area contributed by atoms with Crippen molar-refractivity contribution in [1.29, 1.82) is 0 Å². The minimum absolute atomic E-state index is 0.0103. The summed E-state index contributed by atoms with van der Waals surface area (Å²) in [6, 6.07) is 8.84. The number of carbonyl (C=O) groups is 1. The molecule has 0 aliphatic carbocycles. The lowest BCUT2D eigenvalue weighted by Crippen LogP contribution is -2.43. The predicted octanol–water partition coefficient (Wildman–Crippen LogP) is 4.22. The van der Waals surface area contributed by atoms with Gasteiger partial charge in [0.05, 0.1) is 30.0 Å². The van der Waals surface area contributed by atoms with Gasteiger partial charge in [0, 0.05) is 30.8 Å². The smallest absolute Gasteiger partial charge is 0.329 e. The minimum atomic E-state index is -2.50. The molecule has 1 aliphatic heterocycles. The third kappa shape index (κ3) is 5.03. The average molecular weight is 481 g/mol. The fraction of sp³-hybridized carbons (Fsp3) is 0.391. The van der Waals surface area contributed by atoms with E-state index < -0.39 is 18.8 Å². The van der Waals surface area contributed by atoms with Crippen LogP contribution >= 0.6 is 11.6 Å². The van der Waals surface area contributed by atoms with E-state index >= 15 is 0 Å². The number of piperidine rings is 1. The number of hydrogen-bond acceptors (Lipinski definition) is 3. The van der Waals surface area contributed by atoms with Crippen LogP contribution < -0.4 is 11.0 Å². The van der Waals surface area contributed by atoms with Crippen molar-refractivity contribution in [2.24, 2.45) is 7.05 Å². The number of aryl methyl sites for hydroxylation is 1. The molecule has 0 bridgehead atoms. The number of carbonyl (C=O) groups excluding carboxylic acids is 1. The molecule has 1 amide bonds. The second-order valence-electron chi connectivity index (χ2n) is 8.28. The highest BCUT2D eigenvalue weighted by molar-refractivity contribution is 6.30. The molecule has 1 fully saturated rings. The number of likely N-dealkylation sites (tertiary alicyclic amines) is 1. The highest BCUT2D eigenvalue weighted by atomic mass is 35.5. The van der Waals surface area contributed by atoms with Crippen molar-refractivity contribution in [2.75, 3.05) is 25.0 Å². The molecule has 4 rings (SSSR count). The van der Waals surface area contributed by atoms with Gasteiger partial charge >= 0.3 is 5.69 Å². The van der Waals surface area contributed by atoms with Gasteiger partial charge in [-0.2, -0.15) is 0 Å². The van der Waals surface area contributed by atoms with Crippen molar-refractivity contribution >= 4 is 34.2 Å². The van der Waals surface area contributed by atoms with Crippen molar-refractivity contribution in [3.05, 3.63) is 63.3 Å². The van der Waals surface area contributed by atoms with E-state index in [1.807, 2.05) is 0 Å². The van der Waals surface area contributed by atoms with Crippen molar-refractivity contribution in [1.82, 2.24) is 14.0 Å². The standard InChI is InChI=1S/C23H24ClF3N4O2/c1-29-19-5-4-17(28-12-21(26)27)11-20(19)31(23(29)33)18-3-2-6-30(13-18)22(32)9-14-7-15(24)10-16(25)8-14/h4-5,7-8,10-11,18,21,28H,2-3,6,9,12-13H2,1H3/t18-/m0/s1. The lowest BCUT2D eigenvalue weighted by Gasteiger charge is -2.33. The zero-order chi connectivity index (χ0) is 23.7. The molecule has 1 saturated heterocycles. The van der Waals surface area contributed by atoms with Crippen molar-refractivity contribution in [2.45, 2.75) is 31.7 Å². The molecule has 1 aliphatic rings. The summed E-state index contributed by atoms with van der Waals surface area (Å²) in [7, 11) is 1.66. The van der Waals surface area contributed by atoms with E-state index in [0.29, 0.717) is 48.2 Å². The summed E-state index contributed by atoms with van der Waals surface area (Å²) in [4.78, 5) is 27.6. The predicted molar refractivity (Wildman–Crippen MR) is 122 cm³/mol. The Morgan fingerprint density at radius 2 is 2.00 bits per heavy atom. The lowest BCUT2D eigenvalue weighted by atomic mass is 10.0. The number of imidazole rings is 1. The minimum Gasteiger partial charge on any atom is -0.379 e. The number of nitrogens with one attached hydrogen (secondary N) is 1. The van der Waals surface area contributed by atoms with E-state index in [0.717, 1.165) is 0 Å². The number of anilines is 1. The zero-order valence-corrected chi connectivity index (χ0v) is 18.8. The van der Waals surface area contributed by atoms with E-state index in [4.69, 9.17) is 11.6 Å². The Morgan fingerprint density at radius 1 is 1.21 bits per heavy atom. The Labute approximate surface area is 193 Å². The molecule has 2 aromatic carbocycles. The topological polar surface area (TPSA) is 59.3 Å². The first-order valence-electron chi connectivity index (χ1n) is 10.7. The van der Waals surface area contributed by atoms with Gasteiger partial charge in [-0.05, 0) is 54.8 Å².